The normalized spacial score (nSPS) is 24.3. The Morgan fingerprint density at radius 3 is 2.73 bits per heavy atom. The van der Waals surface area contributed by atoms with Crippen molar-refractivity contribution in [2.45, 2.75) is 38.0 Å². The Morgan fingerprint density at radius 2 is 2.20 bits per heavy atom. The fourth-order valence-corrected chi connectivity index (χ4v) is 2.56. The van der Waals surface area contributed by atoms with E-state index in [4.69, 9.17) is 5.73 Å². The summed E-state index contributed by atoms with van der Waals surface area (Å²) < 4.78 is 0. The Labute approximate surface area is 96.8 Å². The summed E-state index contributed by atoms with van der Waals surface area (Å²) in [6.45, 7) is 5.76. The molecule has 0 aromatic rings. The molecule has 0 bridgehead atoms. The summed E-state index contributed by atoms with van der Waals surface area (Å²) in [5.41, 5.74) is 5.88. The minimum Gasteiger partial charge on any atom is -0.340 e. The van der Waals surface area contributed by atoms with Crippen molar-refractivity contribution in [3.63, 3.8) is 0 Å². The van der Waals surface area contributed by atoms with Crippen molar-refractivity contribution >= 4 is 17.7 Å². The van der Waals surface area contributed by atoms with Gasteiger partial charge in [-0.2, -0.15) is 11.8 Å². The maximum absolute atomic E-state index is 12.0. The number of carbonyl (C=O) groups excluding carboxylic acids is 1. The van der Waals surface area contributed by atoms with Crippen LogP contribution in [0, 0.1) is 5.92 Å². The smallest absolute Gasteiger partial charge is 0.239 e. The Kier molecular flexibility index (Phi) is 4.93. The quantitative estimate of drug-likeness (QED) is 0.795. The van der Waals surface area contributed by atoms with Gasteiger partial charge in [-0.1, -0.05) is 13.8 Å². The summed E-state index contributed by atoms with van der Waals surface area (Å²) in [5, 5.41) is 0.599. The van der Waals surface area contributed by atoms with E-state index in [1.165, 1.54) is 6.42 Å². The summed E-state index contributed by atoms with van der Waals surface area (Å²) in [6.07, 6.45) is 4.45. The van der Waals surface area contributed by atoms with Crippen LogP contribution in [0.4, 0.5) is 0 Å². The van der Waals surface area contributed by atoms with Crippen LogP contribution in [0.5, 0.6) is 0 Å². The minimum absolute atomic E-state index is 0.128. The first-order chi connectivity index (χ1) is 7.06. The highest BCUT2D eigenvalue weighted by Gasteiger charge is 2.27. The molecule has 88 valence electrons. The molecule has 1 amide bonds. The predicted octanol–water partition coefficient (Wildman–Crippen LogP) is 1.32. The average molecular weight is 230 g/mol. The Balaban J connectivity index is 2.52. The van der Waals surface area contributed by atoms with Crippen LogP contribution in [-0.4, -0.2) is 41.4 Å². The van der Waals surface area contributed by atoms with Gasteiger partial charge in [0.15, 0.2) is 0 Å². The van der Waals surface area contributed by atoms with Crippen molar-refractivity contribution in [2.24, 2.45) is 11.7 Å². The largest absolute Gasteiger partial charge is 0.340 e. The third-order valence-corrected chi connectivity index (χ3v) is 4.08. The van der Waals surface area contributed by atoms with Crippen LogP contribution in [0.15, 0.2) is 0 Å². The van der Waals surface area contributed by atoms with E-state index in [2.05, 4.69) is 6.26 Å². The highest BCUT2D eigenvalue weighted by Crippen LogP contribution is 2.21. The summed E-state index contributed by atoms with van der Waals surface area (Å²) in [7, 11) is 0. The number of amides is 1. The second kappa shape index (κ2) is 5.75. The molecular formula is C11H22N2OS. The topological polar surface area (TPSA) is 46.3 Å². The summed E-state index contributed by atoms with van der Waals surface area (Å²) >= 11 is 1.85. The number of carbonyl (C=O) groups is 1. The molecule has 1 saturated heterocycles. The molecule has 0 spiro atoms. The van der Waals surface area contributed by atoms with Crippen molar-refractivity contribution < 1.29 is 4.79 Å². The van der Waals surface area contributed by atoms with Gasteiger partial charge in [-0.3, -0.25) is 4.79 Å². The molecule has 0 unspecified atom stereocenters. The second-order valence-corrected chi connectivity index (χ2v) is 5.69. The van der Waals surface area contributed by atoms with E-state index in [0.717, 1.165) is 19.5 Å². The van der Waals surface area contributed by atoms with E-state index >= 15 is 0 Å². The molecule has 1 rings (SSSR count). The predicted molar refractivity (Wildman–Crippen MR) is 65.9 cm³/mol. The minimum atomic E-state index is -0.328. The number of piperidine rings is 1. The second-order valence-electron chi connectivity index (χ2n) is 4.55. The van der Waals surface area contributed by atoms with Gasteiger partial charge in [-0.25, -0.2) is 0 Å². The molecule has 2 atom stereocenters. The molecule has 0 aliphatic carbocycles. The van der Waals surface area contributed by atoms with Gasteiger partial charge in [0.25, 0.3) is 0 Å². The van der Waals surface area contributed by atoms with Gasteiger partial charge >= 0.3 is 0 Å². The molecule has 0 aromatic heterocycles. The highest BCUT2D eigenvalue weighted by molar-refractivity contribution is 7.99. The van der Waals surface area contributed by atoms with Crippen molar-refractivity contribution in [1.29, 1.82) is 0 Å². The average Bonchev–Trinajstić information content (AvgIpc) is 2.27. The van der Waals surface area contributed by atoms with Crippen LogP contribution >= 0.6 is 11.8 Å². The van der Waals surface area contributed by atoms with Gasteiger partial charge in [0, 0.05) is 18.3 Å². The van der Waals surface area contributed by atoms with Gasteiger partial charge in [-0.05, 0) is 25.0 Å². The number of nitrogens with zero attached hydrogens (tertiary/aromatic N) is 1. The first-order valence-electron chi connectivity index (χ1n) is 5.63. The monoisotopic (exact) mass is 230 g/mol. The third-order valence-electron chi connectivity index (χ3n) is 3.03. The highest BCUT2D eigenvalue weighted by atomic mass is 32.2. The van der Waals surface area contributed by atoms with Crippen LogP contribution < -0.4 is 5.73 Å². The van der Waals surface area contributed by atoms with Crippen molar-refractivity contribution in [3.05, 3.63) is 0 Å². The van der Waals surface area contributed by atoms with Gasteiger partial charge in [-0.15, -0.1) is 0 Å². The number of rotatable bonds is 3. The number of hydrogen-bond acceptors (Lipinski definition) is 3. The lowest BCUT2D eigenvalue weighted by molar-refractivity contribution is -0.134. The zero-order valence-corrected chi connectivity index (χ0v) is 10.7. The Bertz CT molecular complexity index is 221. The molecule has 2 N–H and O–H groups in total. The Morgan fingerprint density at radius 1 is 1.53 bits per heavy atom. The van der Waals surface area contributed by atoms with Crippen molar-refractivity contribution in [1.82, 2.24) is 4.90 Å². The van der Waals surface area contributed by atoms with Crippen molar-refractivity contribution in [2.75, 3.05) is 19.3 Å². The molecule has 1 heterocycles. The molecule has 0 radical (unpaired) electrons. The number of thioether (sulfide) groups is 1. The maximum Gasteiger partial charge on any atom is 0.239 e. The van der Waals surface area contributed by atoms with Gasteiger partial charge in [0.1, 0.15) is 0 Å². The van der Waals surface area contributed by atoms with Gasteiger partial charge in [0.2, 0.25) is 5.91 Å². The van der Waals surface area contributed by atoms with E-state index < -0.39 is 0 Å². The lowest BCUT2D eigenvalue weighted by atomic mass is 10.0. The molecule has 0 saturated carbocycles. The van der Waals surface area contributed by atoms with E-state index in [1.54, 1.807) is 0 Å². The summed E-state index contributed by atoms with van der Waals surface area (Å²) in [6, 6.07) is -0.328. The SMILES string of the molecule is CS[C@H]1CCCN(C(=O)[C@@H](N)C(C)C)C1. The van der Waals surface area contributed by atoms with Crippen LogP contribution in [0.3, 0.4) is 0 Å². The lowest BCUT2D eigenvalue weighted by Gasteiger charge is -2.34. The van der Waals surface area contributed by atoms with Crippen LogP contribution in [-0.2, 0) is 4.79 Å². The fraction of sp³-hybridized carbons (Fsp3) is 0.909. The molecule has 1 aliphatic heterocycles. The summed E-state index contributed by atoms with van der Waals surface area (Å²) in [4.78, 5) is 13.9. The first kappa shape index (κ1) is 12.8. The zero-order chi connectivity index (χ0) is 11.4. The van der Waals surface area contributed by atoms with Gasteiger partial charge in [0.05, 0.1) is 6.04 Å². The molecule has 15 heavy (non-hydrogen) atoms. The van der Waals surface area contributed by atoms with Crippen LogP contribution in [0.25, 0.3) is 0 Å². The van der Waals surface area contributed by atoms with E-state index in [0.29, 0.717) is 5.25 Å². The molecule has 1 aliphatic rings. The number of nitrogens with two attached hydrogens (primary N) is 1. The fourth-order valence-electron chi connectivity index (χ4n) is 1.83. The molecule has 3 nitrogen and oxygen atoms in total. The zero-order valence-electron chi connectivity index (χ0n) is 9.90. The molecular weight excluding hydrogens is 208 g/mol. The molecule has 0 aromatic carbocycles. The standard InChI is InChI=1S/C11H22N2OS/c1-8(2)10(12)11(14)13-6-4-5-9(7-13)15-3/h8-10H,4-7,12H2,1-3H3/t9-,10-/m0/s1. The Hall–Kier alpha value is -0.220. The van der Waals surface area contributed by atoms with Crippen LogP contribution in [0.1, 0.15) is 26.7 Å². The molecule has 1 fully saturated rings. The van der Waals surface area contributed by atoms with Gasteiger partial charge < -0.3 is 10.6 Å². The van der Waals surface area contributed by atoms with E-state index in [1.807, 2.05) is 30.5 Å². The first-order valence-corrected chi connectivity index (χ1v) is 6.92. The number of likely N-dealkylation sites (tertiary alicyclic amines) is 1. The van der Waals surface area contributed by atoms with E-state index in [9.17, 15) is 4.79 Å². The summed E-state index contributed by atoms with van der Waals surface area (Å²) in [5.74, 6) is 0.357. The van der Waals surface area contributed by atoms with E-state index in [-0.39, 0.29) is 17.9 Å². The van der Waals surface area contributed by atoms with Crippen LogP contribution in [0.2, 0.25) is 0 Å². The van der Waals surface area contributed by atoms with Crippen molar-refractivity contribution in [3.8, 4) is 0 Å². The number of hydrogen-bond donors (Lipinski definition) is 1. The molecule has 4 heteroatoms. The third kappa shape index (κ3) is 3.38. The maximum atomic E-state index is 12.0. The lowest BCUT2D eigenvalue weighted by Crippen LogP contribution is -2.50.